The Bertz CT molecular complexity index is 854. The van der Waals surface area contributed by atoms with Crippen molar-refractivity contribution < 1.29 is 4.79 Å². The first kappa shape index (κ1) is 17.5. The zero-order valence-electron chi connectivity index (χ0n) is 15.6. The van der Waals surface area contributed by atoms with Gasteiger partial charge in [0.1, 0.15) is 0 Å². The Morgan fingerprint density at radius 2 is 1.96 bits per heavy atom. The van der Waals surface area contributed by atoms with Crippen molar-refractivity contribution in [2.75, 3.05) is 5.32 Å². The van der Waals surface area contributed by atoms with Crippen LogP contribution in [0.5, 0.6) is 0 Å². The van der Waals surface area contributed by atoms with E-state index >= 15 is 0 Å². The van der Waals surface area contributed by atoms with Crippen LogP contribution in [0.15, 0.2) is 35.5 Å². The first-order chi connectivity index (χ1) is 12.3. The van der Waals surface area contributed by atoms with Gasteiger partial charge in [-0.25, -0.2) is 4.98 Å². The minimum absolute atomic E-state index is 0.0494. The predicted octanol–water partition coefficient (Wildman–Crippen LogP) is 4.17. The zero-order chi connectivity index (χ0) is 18.5. The summed E-state index contributed by atoms with van der Waals surface area (Å²) in [6.45, 7) is 8.80. The highest BCUT2D eigenvalue weighted by Gasteiger charge is 2.61. The number of carbonyl (C=O) groups is 1. The lowest BCUT2D eigenvalue weighted by molar-refractivity contribution is -0.115. The van der Waals surface area contributed by atoms with Crippen molar-refractivity contribution in [1.82, 2.24) is 15.2 Å². The summed E-state index contributed by atoms with van der Waals surface area (Å²) in [5.74, 6) is 0.388. The monoisotopic (exact) mass is 368 g/mol. The van der Waals surface area contributed by atoms with Crippen LogP contribution < -0.4 is 5.32 Å². The number of para-hydroxylation sites is 1. The number of hydrogen-bond acceptors (Lipinski definition) is 5. The molecule has 1 aromatic heterocycles. The number of carbonyl (C=O) groups excluding carboxylic acids is 1. The van der Waals surface area contributed by atoms with E-state index < -0.39 is 0 Å². The molecule has 5 nitrogen and oxygen atoms in total. The smallest absolute Gasteiger partial charge is 0.237 e. The number of anilines is 1. The summed E-state index contributed by atoms with van der Waals surface area (Å²) in [6.07, 6.45) is 2.31. The molecule has 1 amide bonds. The number of nitrogens with one attached hydrogen (secondary N) is 1. The molecule has 6 heteroatoms. The van der Waals surface area contributed by atoms with Gasteiger partial charge in [0.05, 0.1) is 16.6 Å². The third kappa shape index (κ3) is 2.54. The molecule has 3 atom stereocenters. The Morgan fingerprint density at radius 3 is 2.69 bits per heavy atom. The number of hydrogen-bond donors (Lipinski definition) is 1. The summed E-state index contributed by atoms with van der Waals surface area (Å²) >= 11 is 1.37. The second-order valence-electron chi connectivity index (χ2n) is 8.09. The van der Waals surface area contributed by atoms with Gasteiger partial charge in [-0.05, 0) is 37.3 Å². The van der Waals surface area contributed by atoms with E-state index in [4.69, 9.17) is 4.98 Å². The third-order valence-electron chi connectivity index (χ3n) is 6.47. The van der Waals surface area contributed by atoms with Gasteiger partial charge in [-0.3, -0.25) is 4.79 Å². The fraction of sp³-hybridized carbons (Fsp3) is 0.500. The first-order valence-electron chi connectivity index (χ1n) is 9.10. The average Bonchev–Trinajstić information content (AvgIpc) is 2.95. The molecule has 1 heterocycles. The van der Waals surface area contributed by atoms with Gasteiger partial charge in [0.2, 0.25) is 11.1 Å². The van der Waals surface area contributed by atoms with E-state index in [0.717, 1.165) is 29.9 Å². The van der Waals surface area contributed by atoms with Gasteiger partial charge < -0.3 is 5.32 Å². The van der Waals surface area contributed by atoms with Crippen LogP contribution in [0.25, 0.3) is 0 Å². The lowest BCUT2D eigenvalue weighted by Gasteiger charge is -2.34. The second kappa shape index (κ2) is 6.05. The molecule has 1 saturated carbocycles. The van der Waals surface area contributed by atoms with Crippen LogP contribution in [0.4, 0.5) is 5.69 Å². The molecule has 2 aliphatic carbocycles. The number of rotatable bonds is 4. The van der Waals surface area contributed by atoms with Gasteiger partial charge in [0.25, 0.3) is 0 Å². The van der Waals surface area contributed by atoms with E-state index in [2.05, 4.69) is 36.3 Å². The Kier molecular flexibility index (Phi) is 4.06. The Hall–Kier alpha value is -1.95. The van der Waals surface area contributed by atoms with Crippen molar-refractivity contribution in [2.45, 2.75) is 62.3 Å². The molecule has 2 bridgehead atoms. The fourth-order valence-corrected chi connectivity index (χ4v) is 5.10. The number of fused-ring (bicyclic) bond motifs is 5. The second-order valence-corrected chi connectivity index (χ2v) is 9.40. The third-order valence-corrected chi connectivity index (χ3v) is 7.42. The van der Waals surface area contributed by atoms with Crippen LogP contribution in [-0.2, 0) is 10.2 Å². The van der Waals surface area contributed by atoms with Gasteiger partial charge >= 0.3 is 0 Å². The number of aromatic nitrogens is 3. The molecule has 0 spiro atoms. The minimum atomic E-state index is -0.297. The van der Waals surface area contributed by atoms with Crippen molar-refractivity contribution in [1.29, 1.82) is 0 Å². The highest BCUT2D eigenvalue weighted by Crippen LogP contribution is 2.66. The van der Waals surface area contributed by atoms with Crippen LogP contribution in [0.3, 0.4) is 0 Å². The van der Waals surface area contributed by atoms with Crippen LogP contribution in [-0.4, -0.2) is 26.3 Å². The first-order valence-corrected chi connectivity index (χ1v) is 9.98. The maximum Gasteiger partial charge on any atom is 0.237 e. The molecule has 0 saturated heterocycles. The molecule has 2 aromatic rings. The van der Waals surface area contributed by atoms with Gasteiger partial charge in [-0.15, -0.1) is 5.10 Å². The average molecular weight is 369 g/mol. The van der Waals surface area contributed by atoms with Gasteiger partial charge in [0.15, 0.2) is 0 Å². The van der Waals surface area contributed by atoms with Crippen molar-refractivity contribution in [2.24, 2.45) is 5.41 Å². The number of nitrogens with zero attached hydrogens (tertiary/aromatic N) is 3. The molecular weight excluding hydrogens is 344 g/mol. The largest absolute Gasteiger partial charge is 0.325 e. The molecule has 4 rings (SSSR count). The standard InChI is InChI=1S/C20H24N4OS/c1-12(17(25)21-13-8-6-5-7-9-13)26-18-22-16-15(23-24-18)14-10-11-20(16,4)19(14,2)3/h5-9,12,14H,10-11H2,1-4H3,(H,21,25)/t12-,14-,20+/m1/s1. The van der Waals surface area contributed by atoms with E-state index in [1.165, 1.54) is 11.8 Å². The molecule has 1 fully saturated rings. The fourth-order valence-electron chi connectivity index (χ4n) is 4.39. The van der Waals surface area contributed by atoms with Crippen LogP contribution in [0, 0.1) is 5.41 Å². The van der Waals surface area contributed by atoms with Crippen LogP contribution in [0.1, 0.15) is 57.8 Å². The maximum absolute atomic E-state index is 12.4. The summed E-state index contributed by atoms with van der Waals surface area (Å²) in [5, 5.41) is 12.0. The van der Waals surface area contributed by atoms with Crippen LogP contribution >= 0.6 is 11.8 Å². The van der Waals surface area contributed by atoms with Crippen LogP contribution in [0.2, 0.25) is 0 Å². The summed E-state index contributed by atoms with van der Waals surface area (Å²) in [7, 11) is 0. The molecule has 26 heavy (non-hydrogen) atoms. The summed E-state index contributed by atoms with van der Waals surface area (Å²) in [5.41, 5.74) is 3.16. The predicted molar refractivity (Wildman–Crippen MR) is 103 cm³/mol. The maximum atomic E-state index is 12.4. The van der Waals surface area contributed by atoms with Gasteiger partial charge in [-0.2, -0.15) is 5.10 Å². The topological polar surface area (TPSA) is 67.8 Å². The Labute approximate surface area is 158 Å². The Balaban J connectivity index is 1.52. The highest BCUT2D eigenvalue weighted by atomic mass is 32.2. The van der Waals surface area contributed by atoms with E-state index in [1.54, 1.807) is 0 Å². The SMILES string of the molecule is C[C@@H](Sc1nnc2c(n1)[C@]1(C)CC[C@H]2C1(C)C)C(=O)Nc1ccccc1. The minimum Gasteiger partial charge on any atom is -0.325 e. The van der Waals surface area contributed by atoms with Gasteiger partial charge in [0, 0.05) is 17.0 Å². The van der Waals surface area contributed by atoms with E-state index in [1.807, 2.05) is 37.3 Å². The molecule has 2 aliphatic rings. The van der Waals surface area contributed by atoms with Crippen molar-refractivity contribution in [3.63, 3.8) is 0 Å². The van der Waals surface area contributed by atoms with Crippen molar-refractivity contribution in [3.05, 3.63) is 41.7 Å². The van der Waals surface area contributed by atoms with E-state index in [-0.39, 0.29) is 22.0 Å². The Morgan fingerprint density at radius 1 is 1.23 bits per heavy atom. The highest BCUT2D eigenvalue weighted by molar-refractivity contribution is 8.00. The molecule has 1 aromatic carbocycles. The molecule has 136 valence electrons. The molecule has 1 N–H and O–H groups in total. The number of benzene rings is 1. The molecular formula is C20H24N4OS. The molecule has 0 aliphatic heterocycles. The quantitative estimate of drug-likeness (QED) is 0.821. The molecule has 0 radical (unpaired) electrons. The summed E-state index contributed by atoms with van der Waals surface area (Å²) < 4.78 is 0. The zero-order valence-corrected chi connectivity index (χ0v) is 16.4. The van der Waals surface area contributed by atoms with Gasteiger partial charge in [-0.1, -0.05) is 50.7 Å². The lowest BCUT2D eigenvalue weighted by atomic mass is 9.70. The summed E-state index contributed by atoms with van der Waals surface area (Å²) in [4.78, 5) is 17.3. The normalized spacial score (nSPS) is 26.4. The number of thioether (sulfide) groups is 1. The van der Waals surface area contributed by atoms with E-state index in [0.29, 0.717) is 11.1 Å². The van der Waals surface area contributed by atoms with E-state index in [9.17, 15) is 4.79 Å². The number of amides is 1. The van der Waals surface area contributed by atoms with Crippen molar-refractivity contribution in [3.8, 4) is 0 Å². The van der Waals surface area contributed by atoms with Crippen molar-refractivity contribution >= 4 is 23.4 Å². The molecule has 0 unspecified atom stereocenters. The lowest BCUT2D eigenvalue weighted by Crippen LogP contribution is -2.32. The summed E-state index contributed by atoms with van der Waals surface area (Å²) in [6, 6.07) is 9.48.